The molecule has 0 bridgehead atoms. The maximum Gasteiger partial charge on any atom is 0.0817 e. The number of para-hydroxylation sites is 1. The van der Waals surface area contributed by atoms with Crippen molar-refractivity contribution in [3.05, 3.63) is 47.8 Å². The third-order valence-electron chi connectivity index (χ3n) is 3.39. The van der Waals surface area contributed by atoms with E-state index >= 15 is 0 Å². The second-order valence-corrected chi connectivity index (χ2v) is 4.95. The maximum atomic E-state index is 6.13. The van der Waals surface area contributed by atoms with Crippen LogP contribution in [0.25, 0.3) is 0 Å². The van der Waals surface area contributed by atoms with Crippen LogP contribution in [0.5, 0.6) is 0 Å². The van der Waals surface area contributed by atoms with Gasteiger partial charge in [0.25, 0.3) is 0 Å². The molecule has 94 valence electrons. The van der Waals surface area contributed by atoms with Crippen LogP contribution in [0.15, 0.2) is 36.5 Å². The number of aromatic nitrogens is 2. The van der Waals surface area contributed by atoms with Crippen LogP contribution in [0, 0.1) is 0 Å². The van der Waals surface area contributed by atoms with Crippen molar-refractivity contribution >= 4 is 5.69 Å². The highest BCUT2D eigenvalue weighted by atomic mass is 15.3. The molecule has 2 N–H and O–H groups in total. The number of rotatable bonds is 2. The molecular formula is C14H18N4. The van der Waals surface area contributed by atoms with Gasteiger partial charge in [-0.2, -0.15) is 5.10 Å². The molecule has 1 aliphatic rings. The Hall–Kier alpha value is -1.81. The monoisotopic (exact) mass is 242 g/mol. The van der Waals surface area contributed by atoms with Gasteiger partial charge in [0.15, 0.2) is 0 Å². The molecule has 0 saturated heterocycles. The van der Waals surface area contributed by atoms with Crippen molar-refractivity contribution in [1.29, 1.82) is 0 Å². The SMILES string of the molecule is Cn1ccc(CN2CC(N)Cc3ccccc32)n1. The molecule has 2 aromatic rings. The predicted molar refractivity (Wildman–Crippen MR) is 72.4 cm³/mol. The van der Waals surface area contributed by atoms with E-state index in [0.717, 1.165) is 25.2 Å². The molecule has 4 heteroatoms. The third kappa shape index (κ3) is 2.11. The van der Waals surface area contributed by atoms with Gasteiger partial charge in [0.1, 0.15) is 0 Å². The summed E-state index contributed by atoms with van der Waals surface area (Å²) in [6, 6.07) is 10.8. The van der Waals surface area contributed by atoms with Gasteiger partial charge in [0, 0.05) is 31.5 Å². The summed E-state index contributed by atoms with van der Waals surface area (Å²) in [5.41, 5.74) is 9.85. The van der Waals surface area contributed by atoms with Crippen molar-refractivity contribution < 1.29 is 0 Å². The van der Waals surface area contributed by atoms with Crippen LogP contribution in [0.3, 0.4) is 0 Å². The van der Waals surface area contributed by atoms with Crippen LogP contribution in [0.1, 0.15) is 11.3 Å². The number of nitrogens with zero attached hydrogens (tertiary/aromatic N) is 3. The normalized spacial score (nSPS) is 18.8. The Labute approximate surface area is 107 Å². The van der Waals surface area contributed by atoms with Crippen LogP contribution in [0.4, 0.5) is 5.69 Å². The molecule has 0 fully saturated rings. The fourth-order valence-corrected chi connectivity index (χ4v) is 2.61. The van der Waals surface area contributed by atoms with Gasteiger partial charge in [0.2, 0.25) is 0 Å². The van der Waals surface area contributed by atoms with Gasteiger partial charge >= 0.3 is 0 Å². The van der Waals surface area contributed by atoms with Gasteiger partial charge in [-0.15, -0.1) is 0 Å². The summed E-state index contributed by atoms with van der Waals surface area (Å²) in [5.74, 6) is 0. The smallest absolute Gasteiger partial charge is 0.0817 e. The Kier molecular flexibility index (Phi) is 2.80. The minimum Gasteiger partial charge on any atom is -0.364 e. The van der Waals surface area contributed by atoms with E-state index in [1.807, 2.05) is 17.9 Å². The topological polar surface area (TPSA) is 47.1 Å². The van der Waals surface area contributed by atoms with E-state index in [-0.39, 0.29) is 6.04 Å². The summed E-state index contributed by atoms with van der Waals surface area (Å²) in [6.07, 6.45) is 2.94. The molecular weight excluding hydrogens is 224 g/mol. The molecule has 1 aromatic heterocycles. The van der Waals surface area contributed by atoms with Crippen molar-refractivity contribution in [3.8, 4) is 0 Å². The third-order valence-corrected chi connectivity index (χ3v) is 3.39. The van der Waals surface area contributed by atoms with E-state index in [1.165, 1.54) is 11.3 Å². The average Bonchev–Trinajstić information content (AvgIpc) is 2.74. The number of fused-ring (bicyclic) bond motifs is 1. The highest BCUT2D eigenvalue weighted by molar-refractivity contribution is 5.56. The number of aryl methyl sites for hydroxylation is 1. The Morgan fingerprint density at radius 1 is 1.33 bits per heavy atom. The van der Waals surface area contributed by atoms with Gasteiger partial charge in [-0.05, 0) is 24.1 Å². The molecule has 18 heavy (non-hydrogen) atoms. The first-order chi connectivity index (χ1) is 8.72. The van der Waals surface area contributed by atoms with Gasteiger partial charge in [-0.3, -0.25) is 4.68 Å². The molecule has 0 saturated carbocycles. The standard InChI is InChI=1S/C14H18N4/c1-17-7-6-13(16-17)10-18-9-12(15)8-11-4-2-3-5-14(11)18/h2-7,12H,8-10,15H2,1H3. The molecule has 1 aromatic carbocycles. The lowest BCUT2D eigenvalue weighted by atomic mass is 9.98. The van der Waals surface area contributed by atoms with E-state index in [2.05, 4.69) is 40.3 Å². The second kappa shape index (κ2) is 4.46. The number of hydrogen-bond acceptors (Lipinski definition) is 3. The summed E-state index contributed by atoms with van der Waals surface area (Å²) < 4.78 is 1.84. The van der Waals surface area contributed by atoms with Crippen LogP contribution < -0.4 is 10.6 Å². The number of hydrogen-bond donors (Lipinski definition) is 1. The van der Waals surface area contributed by atoms with Gasteiger partial charge in [-0.1, -0.05) is 18.2 Å². The zero-order valence-electron chi connectivity index (χ0n) is 10.6. The number of nitrogens with two attached hydrogens (primary N) is 1. The van der Waals surface area contributed by atoms with E-state index in [0.29, 0.717) is 0 Å². The second-order valence-electron chi connectivity index (χ2n) is 4.95. The Balaban J connectivity index is 1.88. The largest absolute Gasteiger partial charge is 0.364 e. The Bertz CT molecular complexity index is 546. The van der Waals surface area contributed by atoms with Gasteiger partial charge in [0.05, 0.1) is 12.2 Å². The first kappa shape index (κ1) is 11.3. The van der Waals surface area contributed by atoms with Crippen molar-refractivity contribution in [1.82, 2.24) is 9.78 Å². The molecule has 0 aliphatic carbocycles. The van der Waals surface area contributed by atoms with Crippen molar-refractivity contribution in [2.75, 3.05) is 11.4 Å². The lowest BCUT2D eigenvalue weighted by Crippen LogP contribution is -2.42. The van der Waals surface area contributed by atoms with E-state index in [9.17, 15) is 0 Å². The molecule has 0 amide bonds. The maximum absolute atomic E-state index is 6.13. The average molecular weight is 242 g/mol. The van der Waals surface area contributed by atoms with Crippen LogP contribution >= 0.6 is 0 Å². The summed E-state index contributed by atoms with van der Waals surface area (Å²) in [5, 5.41) is 4.44. The highest BCUT2D eigenvalue weighted by Gasteiger charge is 2.22. The van der Waals surface area contributed by atoms with Crippen LogP contribution in [0.2, 0.25) is 0 Å². The van der Waals surface area contributed by atoms with Crippen molar-refractivity contribution in [3.63, 3.8) is 0 Å². The number of benzene rings is 1. The molecule has 1 unspecified atom stereocenters. The van der Waals surface area contributed by atoms with Crippen molar-refractivity contribution in [2.45, 2.75) is 19.0 Å². The summed E-state index contributed by atoms with van der Waals surface area (Å²) in [7, 11) is 1.94. The van der Waals surface area contributed by atoms with Gasteiger partial charge in [-0.25, -0.2) is 0 Å². The first-order valence-electron chi connectivity index (χ1n) is 6.29. The molecule has 1 atom stereocenters. The summed E-state index contributed by atoms with van der Waals surface area (Å²) in [4.78, 5) is 2.33. The summed E-state index contributed by atoms with van der Waals surface area (Å²) >= 11 is 0. The fourth-order valence-electron chi connectivity index (χ4n) is 2.61. The lowest BCUT2D eigenvalue weighted by molar-refractivity contribution is 0.592. The quantitative estimate of drug-likeness (QED) is 0.863. The van der Waals surface area contributed by atoms with Crippen molar-refractivity contribution in [2.24, 2.45) is 12.8 Å². The zero-order chi connectivity index (χ0) is 12.5. The highest BCUT2D eigenvalue weighted by Crippen LogP contribution is 2.27. The Morgan fingerprint density at radius 3 is 2.94 bits per heavy atom. The molecule has 2 heterocycles. The molecule has 0 radical (unpaired) electrons. The van der Waals surface area contributed by atoms with Crippen LogP contribution in [-0.2, 0) is 20.0 Å². The molecule has 0 spiro atoms. The van der Waals surface area contributed by atoms with Crippen LogP contribution in [-0.4, -0.2) is 22.4 Å². The Morgan fingerprint density at radius 2 is 2.17 bits per heavy atom. The van der Waals surface area contributed by atoms with Gasteiger partial charge < -0.3 is 10.6 Å². The van der Waals surface area contributed by atoms with E-state index in [4.69, 9.17) is 5.73 Å². The molecule has 4 nitrogen and oxygen atoms in total. The predicted octanol–water partition coefficient (Wildman–Crippen LogP) is 1.31. The fraction of sp³-hybridized carbons (Fsp3) is 0.357. The first-order valence-corrected chi connectivity index (χ1v) is 6.29. The zero-order valence-corrected chi connectivity index (χ0v) is 10.6. The minimum absolute atomic E-state index is 0.212. The summed E-state index contributed by atoms with van der Waals surface area (Å²) in [6.45, 7) is 1.72. The molecule has 3 rings (SSSR count). The minimum atomic E-state index is 0.212. The number of anilines is 1. The van der Waals surface area contributed by atoms with E-state index < -0.39 is 0 Å². The molecule has 1 aliphatic heterocycles. The van der Waals surface area contributed by atoms with E-state index in [1.54, 1.807) is 0 Å². The lowest BCUT2D eigenvalue weighted by Gasteiger charge is -2.34.